The topological polar surface area (TPSA) is 50.7 Å². The Balaban J connectivity index is 2.82. The van der Waals surface area contributed by atoms with Gasteiger partial charge in [0.05, 0.1) is 20.8 Å². The van der Waals surface area contributed by atoms with Crippen LogP contribution >= 0.6 is 0 Å². The van der Waals surface area contributed by atoms with E-state index in [1.807, 2.05) is 18.2 Å². The van der Waals surface area contributed by atoms with Crippen LogP contribution in [0.25, 0.3) is 0 Å². The maximum atomic E-state index is 9.47. The molecule has 0 aliphatic rings. The first-order valence-corrected chi connectivity index (χ1v) is 7.10. The minimum Gasteiger partial charge on any atom is -0.497 e. The molecular formula is C16H27NO3. The fourth-order valence-electron chi connectivity index (χ4n) is 2.38. The third-order valence-corrected chi connectivity index (χ3v) is 3.37. The molecular weight excluding hydrogens is 254 g/mol. The second kappa shape index (κ2) is 8.12. The van der Waals surface area contributed by atoms with Gasteiger partial charge in [0.1, 0.15) is 11.5 Å². The van der Waals surface area contributed by atoms with E-state index in [2.05, 4.69) is 26.1 Å². The lowest BCUT2D eigenvalue weighted by atomic mass is 10.0. The van der Waals surface area contributed by atoms with Crippen LogP contribution in [0.5, 0.6) is 11.5 Å². The minimum atomic E-state index is 0.0943. The van der Waals surface area contributed by atoms with Crippen LogP contribution in [0.2, 0.25) is 0 Å². The number of aliphatic hydroxyl groups excluding tert-OH is 1. The van der Waals surface area contributed by atoms with Gasteiger partial charge in [0, 0.05) is 23.7 Å². The average molecular weight is 281 g/mol. The zero-order valence-electron chi connectivity index (χ0n) is 13.1. The number of ether oxygens (including phenoxy) is 2. The molecule has 0 amide bonds. The number of benzene rings is 1. The predicted molar refractivity (Wildman–Crippen MR) is 81.4 cm³/mol. The summed E-state index contributed by atoms with van der Waals surface area (Å²) in [6.07, 6.45) is 0.944. The Morgan fingerprint density at radius 3 is 2.35 bits per heavy atom. The Kier molecular flexibility index (Phi) is 6.82. The number of hydrogen-bond donors (Lipinski definition) is 2. The van der Waals surface area contributed by atoms with E-state index in [4.69, 9.17) is 9.47 Å². The first-order chi connectivity index (χ1) is 9.51. The highest BCUT2D eigenvalue weighted by molar-refractivity contribution is 5.42. The summed E-state index contributed by atoms with van der Waals surface area (Å²) in [6, 6.07) is 6.00. The monoisotopic (exact) mass is 281 g/mol. The Bertz CT molecular complexity index is 407. The fraction of sp³-hybridized carbons (Fsp3) is 0.625. The smallest absolute Gasteiger partial charge is 0.127 e. The Labute approximate surface area is 122 Å². The molecule has 4 nitrogen and oxygen atoms in total. The third-order valence-electron chi connectivity index (χ3n) is 3.37. The Morgan fingerprint density at radius 1 is 1.15 bits per heavy atom. The lowest BCUT2D eigenvalue weighted by molar-refractivity contribution is 0.214. The summed E-state index contributed by atoms with van der Waals surface area (Å²) in [6.45, 7) is 6.53. The van der Waals surface area contributed by atoms with Crippen molar-refractivity contribution in [3.8, 4) is 11.5 Å². The van der Waals surface area contributed by atoms with Crippen LogP contribution in [0.4, 0.5) is 0 Å². The largest absolute Gasteiger partial charge is 0.497 e. The Morgan fingerprint density at radius 2 is 1.85 bits per heavy atom. The molecule has 114 valence electrons. The lowest BCUT2D eigenvalue weighted by Crippen LogP contribution is -2.35. The fourth-order valence-corrected chi connectivity index (χ4v) is 2.38. The number of methoxy groups -OCH3 is 2. The molecule has 0 radical (unpaired) electrons. The molecule has 0 fully saturated rings. The van der Waals surface area contributed by atoms with Gasteiger partial charge < -0.3 is 19.9 Å². The van der Waals surface area contributed by atoms with Gasteiger partial charge in [-0.1, -0.05) is 19.9 Å². The van der Waals surface area contributed by atoms with E-state index in [1.165, 1.54) is 0 Å². The molecule has 0 bridgehead atoms. The molecule has 1 aromatic rings. The van der Waals surface area contributed by atoms with E-state index in [0.717, 1.165) is 23.5 Å². The molecule has 2 unspecified atom stereocenters. The second-order valence-corrected chi connectivity index (χ2v) is 5.51. The summed E-state index contributed by atoms with van der Waals surface area (Å²) in [5.74, 6) is 2.12. The quantitative estimate of drug-likeness (QED) is 0.769. The van der Waals surface area contributed by atoms with Crippen molar-refractivity contribution in [2.24, 2.45) is 5.92 Å². The number of rotatable bonds is 8. The van der Waals surface area contributed by atoms with Crippen LogP contribution in [0.15, 0.2) is 18.2 Å². The molecule has 0 aromatic heterocycles. The highest BCUT2D eigenvalue weighted by Gasteiger charge is 2.17. The van der Waals surface area contributed by atoms with Crippen molar-refractivity contribution in [1.29, 1.82) is 0 Å². The highest BCUT2D eigenvalue weighted by atomic mass is 16.5. The van der Waals surface area contributed by atoms with Crippen molar-refractivity contribution in [3.05, 3.63) is 23.8 Å². The van der Waals surface area contributed by atoms with Crippen LogP contribution < -0.4 is 14.8 Å². The number of aliphatic hydroxyl groups is 1. The maximum absolute atomic E-state index is 9.47. The molecule has 0 saturated heterocycles. The van der Waals surface area contributed by atoms with Gasteiger partial charge in [0.2, 0.25) is 0 Å². The zero-order valence-corrected chi connectivity index (χ0v) is 13.1. The van der Waals surface area contributed by atoms with Crippen molar-refractivity contribution < 1.29 is 14.6 Å². The zero-order chi connectivity index (χ0) is 15.1. The Hall–Kier alpha value is -1.26. The SMILES string of the molecule is COc1ccc(C(C)NC(CO)CC(C)C)c(OC)c1. The molecule has 0 aliphatic heterocycles. The predicted octanol–water partition coefficient (Wildman–Crippen LogP) is 2.76. The maximum Gasteiger partial charge on any atom is 0.127 e. The normalized spacial score (nSPS) is 14.2. The molecule has 0 spiro atoms. The van der Waals surface area contributed by atoms with Crippen molar-refractivity contribution in [2.45, 2.75) is 39.3 Å². The lowest BCUT2D eigenvalue weighted by Gasteiger charge is -2.24. The van der Waals surface area contributed by atoms with Crippen molar-refractivity contribution in [2.75, 3.05) is 20.8 Å². The summed E-state index contributed by atoms with van der Waals surface area (Å²) in [4.78, 5) is 0. The van der Waals surface area contributed by atoms with Crippen LogP contribution in [0.1, 0.15) is 38.8 Å². The summed E-state index contributed by atoms with van der Waals surface area (Å²) in [5.41, 5.74) is 1.07. The standard InChI is InChI=1S/C16H27NO3/c1-11(2)8-13(10-18)17-12(3)15-7-6-14(19-4)9-16(15)20-5/h6-7,9,11-13,17-18H,8,10H2,1-5H3. The second-order valence-electron chi connectivity index (χ2n) is 5.51. The van der Waals surface area contributed by atoms with Gasteiger partial charge >= 0.3 is 0 Å². The van der Waals surface area contributed by atoms with E-state index in [0.29, 0.717) is 5.92 Å². The molecule has 20 heavy (non-hydrogen) atoms. The van der Waals surface area contributed by atoms with Gasteiger partial charge in [0.25, 0.3) is 0 Å². The van der Waals surface area contributed by atoms with Gasteiger partial charge in [-0.3, -0.25) is 0 Å². The van der Waals surface area contributed by atoms with E-state index in [1.54, 1.807) is 14.2 Å². The third kappa shape index (κ3) is 4.69. The van der Waals surface area contributed by atoms with Crippen LogP contribution in [-0.4, -0.2) is 32.0 Å². The van der Waals surface area contributed by atoms with Gasteiger partial charge in [-0.15, -0.1) is 0 Å². The van der Waals surface area contributed by atoms with Gasteiger partial charge in [0.15, 0.2) is 0 Å². The molecule has 0 aliphatic carbocycles. The van der Waals surface area contributed by atoms with Crippen molar-refractivity contribution >= 4 is 0 Å². The molecule has 0 heterocycles. The first kappa shape index (κ1) is 16.8. The van der Waals surface area contributed by atoms with E-state index >= 15 is 0 Å². The summed E-state index contributed by atoms with van der Waals surface area (Å²) >= 11 is 0. The number of hydrogen-bond acceptors (Lipinski definition) is 4. The molecule has 1 rings (SSSR count). The molecule has 2 atom stereocenters. The summed E-state index contributed by atoms with van der Waals surface area (Å²) in [5, 5.41) is 12.9. The van der Waals surface area contributed by atoms with Gasteiger partial charge in [-0.2, -0.15) is 0 Å². The van der Waals surface area contributed by atoms with Crippen LogP contribution in [-0.2, 0) is 0 Å². The van der Waals surface area contributed by atoms with E-state index in [9.17, 15) is 5.11 Å². The minimum absolute atomic E-state index is 0.0943. The van der Waals surface area contributed by atoms with Crippen molar-refractivity contribution in [3.63, 3.8) is 0 Å². The first-order valence-electron chi connectivity index (χ1n) is 7.10. The summed E-state index contributed by atoms with van der Waals surface area (Å²) < 4.78 is 10.6. The highest BCUT2D eigenvalue weighted by Crippen LogP contribution is 2.29. The van der Waals surface area contributed by atoms with E-state index < -0.39 is 0 Å². The molecule has 0 saturated carbocycles. The van der Waals surface area contributed by atoms with Gasteiger partial charge in [-0.05, 0) is 25.3 Å². The van der Waals surface area contributed by atoms with Crippen molar-refractivity contribution in [1.82, 2.24) is 5.32 Å². The summed E-state index contributed by atoms with van der Waals surface area (Å²) in [7, 11) is 3.29. The van der Waals surface area contributed by atoms with Gasteiger partial charge in [-0.25, -0.2) is 0 Å². The van der Waals surface area contributed by atoms with Crippen LogP contribution in [0.3, 0.4) is 0 Å². The molecule has 1 aromatic carbocycles. The van der Waals surface area contributed by atoms with Crippen LogP contribution in [0, 0.1) is 5.92 Å². The number of nitrogens with one attached hydrogen (secondary N) is 1. The average Bonchev–Trinajstić information content (AvgIpc) is 2.45. The van der Waals surface area contributed by atoms with E-state index in [-0.39, 0.29) is 18.7 Å². The molecule has 2 N–H and O–H groups in total. The molecule has 4 heteroatoms.